The minimum atomic E-state index is -0.464. The predicted molar refractivity (Wildman–Crippen MR) is 81.1 cm³/mol. The number of hydrogen-bond acceptors (Lipinski definition) is 5. The molecule has 0 saturated carbocycles. The molecule has 2 aromatic rings. The SMILES string of the molecule is CC(=O)Oc1c(C)sc(=Nc2ccccc2C)n1C(C)=O. The number of carbonyl (C=O) groups is 2. The summed E-state index contributed by atoms with van der Waals surface area (Å²) in [6.07, 6.45) is 0. The van der Waals surface area contributed by atoms with Crippen molar-refractivity contribution in [3.05, 3.63) is 39.5 Å². The molecule has 0 bridgehead atoms. The van der Waals surface area contributed by atoms with Gasteiger partial charge in [-0.1, -0.05) is 29.5 Å². The van der Waals surface area contributed by atoms with Gasteiger partial charge in [-0.3, -0.25) is 9.59 Å². The van der Waals surface area contributed by atoms with Crippen LogP contribution in [0.25, 0.3) is 0 Å². The van der Waals surface area contributed by atoms with E-state index in [1.54, 1.807) is 6.92 Å². The highest BCUT2D eigenvalue weighted by Crippen LogP contribution is 2.22. The molecule has 0 fully saturated rings. The molecule has 1 heterocycles. The third-order valence-corrected chi connectivity index (χ3v) is 3.76. The quantitative estimate of drug-likeness (QED) is 0.801. The van der Waals surface area contributed by atoms with Crippen LogP contribution in [0.1, 0.15) is 29.1 Å². The molecule has 0 aliphatic heterocycles. The number of carbonyl (C=O) groups excluding carboxylic acids is 2. The molecule has 0 N–H and O–H groups in total. The minimum absolute atomic E-state index is 0.243. The first-order chi connectivity index (χ1) is 9.90. The fraction of sp³-hybridized carbons (Fsp3) is 0.267. The van der Waals surface area contributed by atoms with E-state index in [-0.39, 0.29) is 11.8 Å². The summed E-state index contributed by atoms with van der Waals surface area (Å²) in [5.74, 6) is -0.469. The number of esters is 1. The van der Waals surface area contributed by atoms with Crippen LogP contribution in [0.2, 0.25) is 0 Å². The van der Waals surface area contributed by atoms with Crippen LogP contribution < -0.4 is 9.54 Å². The van der Waals surface area contributed by atoms with E-state index in [0.29, 0.717) is 4.80 Å². The van der Waals surface area contributed by atoms with Gasteiger partial charge >= 0.3 is 5.97 Å². The highest BCUT2D eigenvalue weighted by Gasteiger charge is 2.17. The highest BCUT2D eigenvalue weighted by atomic mass is 32.1. The minimum Gasteiger partial charge on any atom is -0.408 e. The Kier molecular flexibility index (Phi) is 4.37. The maximum absolute atomic E-state index is 11.9. The lowest BCUT2D eigenvalue weighted by Gasteiger charge is -2.05. The average Bonchev–Trinajstić information content (AvgIpc) is 2.68. The Bertz CT molecular complexity index is 771. The molecule has 1 aromatic heterocycles. The average molecular weight is 304 g/mol. The summed E-state index contributed by atoms with van der Waals surface area (Å²) in [7, 11) is 0. The van der Waals surface area contributed by atoms with Crippen molar-refractivity contribution < 1.29 is 14.3 Å². The van der Waals surface area contributed by atoms with Crippen molar-refractivity contribution in [2.24, 2.45) is 4.99 Å². The fourth-order valence-corrected chi connectivity index (χ4v) is 2.81. The number of benzene rings is 1. The zero-order valence-electron chi connectivity index (χ0n) is 12.3. The molecular formula is C15H16N2O3S. The number of ether oxygens (including phenoxy) is 1. The molecule has 0 saturated heterocycles. The second-order valence-electron chi connectivity index (χ2n) is 4.59. The van der Waals surface area contributed by atoms with Crippen molar-refractivity contribution >= 4 is 28.9 Å². The van der Waals surface area contributed by atoms with E-state index >= 15 is 0 Å². The second-order valence-corrected chi connectivity index (χ2v) is 5.77. The topological polar surface area (TPSA) is 60.7 Å². The molecule has 1 aromatic carbocycles. The monoisotopic (exact) mass is 304 g/mol. The van der Waals surface area contributed by atoms with Gasteiger partial charge in [0.25, 0.3) is 0 Å². The van der Waals surface area contributed by atoms with Crippen LogP contribution in [0.5, 0.6) is 5.88 Å². The van der Waals surface area contributed by atoms with E-state index in [1.807, 2.05) is 31.2 Å². The lowest BCUT2D eigenvalue weighted by molar-refractivity contribution is -0.132. The van der Waals surface area contributed by atoms with E-state index in [9.17, 15) is 9.59 Å². The maximum Gasteiger partial charge on any atom is 0.309 e. The molecule has 0 spiro atoms. The molecule has 5 nitrogen and oxygen atoms in total. The molecule has 6 heteroatoms. The van der Waals surface area contributed by atoms with Gasteiger partial charge in [0.1, 0.15) is 0 Å². The standard InChI is InChI=1S/C15H16N2O3S/c1-9-7-5-6-8-13(9)16-15-17(11(3)18)14(10(2)21-15)20-12(4)19/h5-8H,1-4H3. The van der Waals surface area contributed by atoms with Crippen LogP contribution in [0.15, 0.2) is 29.3 Å². The molecule has 110 valence electrons. The normalized spacial score (nSPS) is 11.5. The first-order valence-electron chi connectivity index (χ1n) is 6.42. The molecule has 0 unspecified atom stereocenters. The van der Waals surface area contributed by atoms with Gasteiger partial charge in [-0.2, -0.15) is 0 Å². The van der Waals surface area contributed by atoms with Crippen molar-refractivity contribution in [1.29, 1.82) is 0 Å². The van der Waals surface area contributed by atoms with Gasteiger partial charge in [0.05, 0.1) is 10.6 Å². The largest absolute Gasteiger partial charge is 0.408 e. The highest BCUT2D eigenvalue weighted by molar-refractivity contribution is 7.09. The maximum atomic E-state index is 11.9. The van der Waals surface area contributed by atoms with E-state index in [2.05, 4.69) is 4.99 Å². The summed E-state index contributed by atoms with van der Waals surface area (Å²) in [6.45, 7) is 6.46. The molecule has 2 rings (SSSR count). The number of hydrogen-bond donors (Lipinski definition) is 0. The summed E-state index contributed by atoms with van der Waals surface area (Å²) in [5.41, 5.74) is 1.79. The molecule has 0 aliphatic rings. The van der Waals surface area contributed by atoms with Crippen molar-refractivity contribution in [3.63, 3.8) is 0 Å². The van der Waals surface area contributed by atoms with E-state index in [4.69, 9.17) is 4.74 Å². The van der Waals surface area contributed by atoms with Crippen LogP contribution in [0, 0.1) is 13.8 Å². The lowest BCUT2D eigenvalue weighted by Crippen LogP contribution is -2.22. The summed E-state index contributed by atoms with van der Waals surface area (Å²) < 4.78 is 6.47. The van der Waals surface area contributed by atoms with E-state index in [0.717, 1.165) is 16.1 Å². The zero-order chi connectivity index (χ0) is 15.6. The number of nitrogens with zero attached hydrogens (tertiary/aromatic N) is 2. The summed E-state index contributed by atoms with van der Waals surface area (Å²) >= 11 is 1.31. The van der Waals surface area contributed by atoms with Gasteiger partial charge in [-0.15, -0.1) is 0 Å². The Morgan fingerprint density at radius 3 is 2.43 bits per heavy atom. The fourth-order valence-electron chi connectivity index (χ4n) is 1.87. The Morgan fingerprint density at radius 2 is 1.86 bits per heavy atom. The van der Waals surface area contributed by atoms with Crippen LogP contribution >= 0.6 is 11.3 Å². The van der Waals surface area contributed by atoms with E-state index < -0.39 is 5.97 Å². The summed E-state index contributed by atoms with van der Waals surface area (Å²) in [6, 6.07) is 7.64. The number of thiazole rings is 1. The first-order valence-corrected chi connectivity index (χ1v) is 7.24. The Balaban J connectivity index is 2.67. The predicted octanol–water partition coefficient (Wildman–Crippen LogP) is 2.98. The van der Waals surface area contributed by atoms with Crippen molar-refractivity contribution in [3.8, 4) is 5.88 Å². The van der Waals surface area contributed by atoms with Gasteiger partial charge in [-0.05, 0) is 25.5 Å². The molecule has 0 amide bonds. The molecule has 21 heavy (non-hydrogen) atoms. The first kappa shape index (κ1) is 15.2. The van der Waals surface area contributed by atoms with Crippen molar-refractivity contribution in [1.82, 2.24) is 4.57 Å². The lowest BCUT2D eigenvalue weighted by atomic mass is 10.2. The van der Waals surface area contributed by atoms with Gasteiger partial charge in [0.15, 0.2) is 4.80 Å². The Labute approximate surface area is 126 Å². The van der Waals surface area contributed by atoms with Crippen LogP contribution in [0.3, 0.4) is 0 Å². The third-order valence-electron chi connectivity index (χ3n) is 2.83. The Hall–Kier alpha value is -2.21. The molecule has 0 atom stereocenters. The van der Waals surface area contributed by atoms with Gasteiger partial charge in [0, 0.05) is 13.8 Å². The van der Waals surface area contributed by atoms with Crippen molar-refractivity contribution in [2.75, 3.05) is 0 Å². The van der Waals surface area contributed by atoms with Gasteiger partial charge in [-0.25, -0.2) is 9.56 Å². The smallest absolute Gasteiger partial charge is 0.309 e. The number of para-hydroxylation sites is 1. The van der Waals surface area contributed by atoms with E-state index in [1.165, 1.54) is 29.8 Å². The summed E-state index contributed by atoms with van der Waals surface area (Å²) in [5, 5.41) is 0. The van der Waals surface area contributed by atoms with Crippen LogP contribution in [-0.4, -0.2) is 16.4 Å². The van der Waals surface area contributed by atoms with Crippen LogP contribution in [0.4, 0.5) is 5.69 Å². The molecule has 0 aliphatic carbocycles. The third kappa shape index (κ3) is 3.28. The van der Waals surface area contributed by atoms with Crippen molar-refractivity contribution in [2.45, 2.75) is 27.7 Å². The van der Waals surface area contributed by atoms with Gasteiger partial charge < -0.3 is 4.74 Å². The molecule has 0 radical (unpaired) electrons. The second kappa shape index (κ2) is 6.05. The van der Waals surface area contributed by atoms with Crippen LogP contribution in [-0.2, 0) is 4.79 Å². The number of rotatable bonds is 2. The summed E-state index contributed by atoms with van der Waals surface area (Å²) in [4.78, 5) is 28.8. The molecular weight excluding hydrogens is 288 g/mol. The zero-order valence-corrected chi connectivity index (χ0v) is 13.2. The number of aryl methyl sites for hydroxylation is 2. The van der Waals surface area contributed by atoms with Gasteiger partial charge in [0.2, 0.25) is 11.8 Å². The number of aromatic nitrogens is 1. The Morgan fingerprint density at radius 1 is 1.19 bits per heavy atom.